The van der Waals surface area contributed by atoms with Gasteiger partial charge in [-0.2, -0.15) is 0 Å². The largest absolute Gasteiger partial charge is 0.380 e. The molecule has 1 aliphatic heterocycles. The number of carbonyl (C=O) groups excluding carboxylic acids is 1. The Kier molecular flexibility index (Phi) is 4.31. The van der Waals surface area contributed by atoms with Gasteiger partial charge in [0.2, 0.25) is 5.82 Å². The van der Waals surface area contributed by atoms with Crippen molar-refractivity contribution in [2.75, 3.05) is 26.8 Å². The Morgan fingerprint density at radius 1 is 1.58 bits per heavy atom. The van der Waals surface area contributed by atoms with Crippen LogP contribution in [0.1, 0.15) is 42.6 Å². The first-order valence-corrected chi connectivity index (χ1v) is 6.50. The maximum absolute atomic E-state index is 12.2. The van der Waals surface area contributed by atoms with Gasteiger partial charge in [0, 0.05) is 26.1 Å². The van der Waals surface area contributed by atoms with E-state index in [1.807, 2.05) is 19.9 Å². The number of methoxy groups -OCH3 is 1. The maximum Gasteiger partial charge on any atom is 0.293 e. The van der Waals surface area contributed by atoms with E-state index in [0.29, 0.717) is 19.7 Å². The quantitative estimate of drug-likeness (QED) is 0.833. The Balaban J connectivity index is 2.01. The number of rotatable bonds is 4. The summed E-state index contributed by atoms with van der Waals surface area (Å²) in [5.74, 6) is 1.13. The molecule has 0 aromatic carbocycles. The lowest BCUT2D eigenvalue weighted by molar-refractivity contribution is 0.0753. The number of amides is 1. The van der Waals surface area contributed by atoms with Crippen LogP contribution in [-0.4, -0.2) is 52.8 Å². The Bertz CT molecular complexity index is 479. The molecule has 0 saturated carbocycles. The summed E-state index contributed by atoms with van der Waals surface area (Å²) >= 11 is 0. The minimum absolute atomic E-state index is 0.115. The van der Waals surface area contributed by atoms with E-state index in [0.717, 1.165) is 12.2 Å². The Labute approximate surface area is 112 Å². The zero-order valence-electron chi connectivity index (χ0n) is 11.6. The van der Waals surface area contributed by atoms with Gasteiger partial charge in [-0.25, -0.2) is 4.98 Å². The van der Waals surface area contributed by atoms with Crippen LogP contribution >= 0.6 is 0 Å². The highest BCUT2D eigenvalue weighted by atomic mass is 16.5. The summed E-state index contributed by atoms with van der Waals surface area (Å²) in [5, 5.41) is 6.81. The predicted molar refractivity (Wildman–Crippen MR) is 71.0 cm³/mol. The number of carbonyl (C=O) groups is 1. The second-order valence-electron chi connectivity index (χ2n) is 5.00. The summed E-state index contributed by atoms with van der Waals surface area (Å²) in [6, 6.07) is 0. The van der Waals surface area contributed by atoms with E-state index in [9.17, 15) is 4.79 Å². The Hall–Kier alpha value is -1.69. The van der Waals surface area contributed by atoms with Crippen molar-refractivity contribution >= 4 is 5.91 Å². The van der Waals surface area contributed by atoms with Crippen LogP contribution in [-0.2, 0) is 4.74 Å². The SMILES string of the molecule is COCC1=CCN(C(=O)c2n[nH]c(C(C)C)n2)CC1. The minimum atomic E-state index is -0.115. The molecule has 104 valence electrons. The summed E-state index contributed by atoms with van der Waals surface area (Å²) in [6.45, 7) is 5.95. The summed E-state index contributed by atoms with van der Waals surface area (Å²) in [5.41, 5.74) is 1.24. The molecule has 0 saturated heterocycles. The molecule has 0 aliphatic carbocycles. The maximum atomic E-state index is 12.2. The molecule has 0 atom stereocenters. The zero-order chi connectivity index (χ0) is 13.8. The van der Waals surface area contributed by atoms with Crippen molar-refractivity contribution in [3.05, 3.63) is 23.3 Å². The molecule has 1 amide bonds. The molecule has 19 heavy (non-hydrogen) atoms. The topological polar surface area (TPSA) is 71.1 Å². The van der Waals surface area contributed by atoms with E-state index in [4.69, 9.17) is 4.74 Å². The lowest BCUT2D eigenvalue weighted by atomic mass is 10.1. The van der Waals surface area contributed by atoms with Crippen molar-refractivity contribution in [2.45, 2.75) is 26.2 Å². The summed E-state index contributed by atoms with van der Waals surface area (Å²) in [7, 11) is 1.68. The van der Waals surface area contributed by atoms with Crippen LogP contribution in [0.5, 0.6) is 0 Å². The first kappa shape index (κ1) is 13.7. The van der Waals surface area contributed by atoms with E-state index >= 15 is 0 Å². The zero-order valence-corrected chi connectivity index (χ0v) is 11.6. The van der Waals surface area contributed by atoms with Crippen molar-refractivity contribution in [3.8, 4) is 0 Å². The summed E-state index contributed by atoms with van der Waals surface area (Å²) in [4.78, 5) is 18.2. The molecule has 1 N–H and O–H groups in total. The van der Waals surface area contributed by atoms with E-state index in [-0.39, 0.29) is 17.6 Å². The highest BCUT2D eigenvalue weighted by molar-refractivity contribution is 5.90. The van der Waals surface area contributed by atoms with Crippen molar-refractivity contribution < 1.29 is 9.53 Å². The molecule has 0 spiro atoms. The fraction of sp³-hybridized carbons (Fsp3) is 0.615. The van der Waals surface area contributed by atoms with Gasteiger partial charge in [0.1, 0.15) is 5.82 Å². The van der Waals surface area contributed by atoms with Crippen LogP contribution in [0.25, 0.3) is 0 Å². The number of H-pyrrole nitrogens is 1. The van der Waals surface area contributed by atoms with Crippen LogP contribution in [0.2, 0.25) is 0 Å². The third kappa shape index (κ3) is 3.20. The average Bonchev–Trinajstić information content (AvgIpc) is 2.89. The molecule has 2 heterocycles. The standard InChI is InChI=1S/C13H20N4O2/c1-9(2)11-14-12(16-15-11)13(18)17-6-4-10(5-7-17)8-19-3/h4,9H,5-8H2,1-3H3,(H,14,15,16). The molecular weight excluding hydrogens is 244 g/mol. The van der Waals surface area contributed by atoms with Gasteiger partial charge in [0.15, 0.2) is 0 Å². The number of aromatic nitrogens is 3. The van der Waals surface area contributed by atoms with Crippen LogP contribution in [0.3, 0.4) is 0 Å². The smallest absolute Gasteiger partial charge is 0.293 e. The highest BCUT2D eigenvalue weighted by Crippen LogP contribution is 2.14. The number of hydrogen-bond donors (Lipinski definition) is 1. The van der Waals surface area contributed by atoms with Gasteiger partial charge >= 0.3 is 0 Å². The van der Waals surface area contributed by atoms with Gasteiger partial charge in [-0.3, -0.25) is 9.89 Å². The third-order valence-electron chi connectivity index (χ3n) is 3.16. The van der Waals surface area contributed by atoms with E-state index in [1.54, 1.807) is 12.0 Å². The van der Waals surface area contributed by atoms with Crippen LogP contribution < -0.4 is 0 Å². The predicted octanol–water partition coefficient (Wildman–Crippen LogP) is 1.35. The van der Waals surface area contributed by atoms with Gasteiger partial charge < -0.3 is 9.64 Å². The first-order valence-electron chi connectivity index (χ1n) is 6.50. The van der Waals surface area contributed by atoms with Gasteiger partial charge in [-0.1, -0.05) is 19.9 Å². The van der Waals surface area contributed by atoms with E-state index < -0.39 is 0 Å². The molecule has 1 aromatic heterocycles. The highest BCUT2D eigenvalue weighted by Gasteiger charge is 2.22. The molecule has 6 nitrogen and oxygen atoms in total. The monoisotopic (exact) mass is 264 g/mol. The second kappa shape index (κ2) is 5.97. The number of nitrogens with one attached hydrogen (secondary N) is 1. The molecule has 6 heteroatoms. The van der Waals surface area contributed by atoms with Crippen molar-refractivity contribution in [3.63, 3.8) is 0 Å². The Morgan fingerprint density at radius 3 is 2.89 bits per heavy atom. The van der Waals surface area contributed by atoms with Crippen molar-refractivity contribution in [1.29, 1.82) is 0 Å². The number of nitrogens with zero attached hydrogens (tertiary/aromatic N) is 3. The molecule has 0 bridgehead atoms. The molecule has 1 aromatic rings. The normalized spacial score (nSPS) is 15.8. The number of hydrogen-bond acceptors (Lipinski definition) is 4. The van der Waals surface area contributed by atoms with E-state index in [1.165, 1.54) is 5.57 Å². The van der Waals surface area contributed by atoms with Gasteiger partial charge in [0.05, 0.1) is 6.61 Å². The fourth-order valence-electron chi connectivity index (χ4n) is 1.98. The number of ether oxygens (including phenoxy) is 1. The first-order chi connectivity index (χ1) is 9.11. The molecule has 0 unspecified atom stereocenters. The molecular formula is C13H20N4O2. The van der Waals surface area contributed by atoms with Gasteiger partial charge in [-0.05, 0) is 12.0 Å². The summed E-state index contributed by atoms with van der Waals surface area (Å²) in [6.07, 6.45) is 2.89. The van der Waals surface area contributed by atoms with Crippen molar-refractivity contribution in [1.82, 2.24) is 20.1 Å². The molecule has 1 aliphatic rings. The number of aromatic amines is 1. The second-order valence-corrected chi connectivity index (χ2v) is 5.00. The van der Waals surface area contributed by atoms with E-state index in [2.05, 4.69) is 15.2 Å². The average molecular weight is 264 g/mol. The van der Waals surface area contributed by atoms with Gasteiger partial charge in [-0.15, -0.1) is 5.10 Å². The van der Waals surface area contributed by atoms with Crippen LogP contribution in [0.15, 0.2) is 11.6 Å². The lowest BCUT2D eigenvalue weighted by Crippen LogP contribution is -2.36. The van der Waals surface area contributed by atoms with Crippen molar-refractivity contribution in [2.24, 2.45) is 0 Å². The molecule has 0 radical (unpaired) electrons. The molecule has 0 fully saturated rings. The minimum Gasteiger partial charge on any atom is -0.380 e. The van der Waals surface area contributed by atoms with Crippen LogP contribution in [0.4, 0.5) is 0 Å². The third-order valence-corrected chi connectivity index (χ3v) is 3.16. The summed E-state index contributed by atoms with van der Waals surface area (Å²) < 4.78 is 5.09. The Morgan fingerprint density at radius 2 is 2.37 bits per heavy atom. The molecule has 2 rings (SSSR count). The van der Waals surface area contributed by atoms with Gasteiger partial charge in [0.25, 0.3) is 5.91 Å². The van der Waals surface area contributed by atoms with Crippen LogP contribution in [0, 0.1) is 0 Å². The lowest BCUT2D eigenvalue weighted by Gasteiger charge is -2.25. The fourth-order valence-corrected chi connectivity index (χ4v) is 1.98.